The molecular weight excluding hydrogens is 228 g/mol. The molecule has 0 saturated carbocycles. The molecule has 0 saturated heterocycles. The Balaban J connectivity index is 3.45. The van der Waals surface area contributed by atoms with E-state index in [0.29, 0.717) is 0 Å². The number of rotatable bonds is 13. The van der Waals surface area contributed by atoms with E-state index in [1.807, 2.05) is 0 Å². The average molecular weight is 260 g/mol. The number of methoxy groups -OCH3 is 2. The molecule has 0 aromatic heterocycles. The largest absolute Gasteiger partial charge is 0.354 e. The van der Waals surface area contributed by atoms with Crippen molar-refractivity contribution in [1.29, 1.82) is 0 Å². The molecule has 3 N–H and O–H groups in total. The predicted molar refractivity (Wildman–Crippen MR) is 76.1 cm³/mol. The summed E-state index contributed by atoms with van der Waals surface area (Å²) in [5.74, 6) is 5.51. The summed E-state index contributed by atoms with van der Waals surface area (Å²) in [4.78, 5) is 0. The zero-order valence-electron chi connectivity index (χ0n) is 12.4. The van der Waals surface area contributed by atoms with Crippen molar-refractivity contribution in [3.63, 3.8) is 0 Å². The van der Waals surface area contributed by atoms with Gasteiger partial charge in [-0.05, 0) is 6.42 Å². The minimum absolute atomic E-state index is 0.0834. The number of hydrogen-bond acceptors (Lipinski definition) is 4. The molecule has 0 radical (unpaired) electrons. The van der Waals surface area contributed by atoms with Crippen molar-refractivity contribution in [3.05, 3.63) is 0 Å². The number of unbranched alkanes of at least 4 members (excludes halogenated alkanes) is 7. The third kappa shape index (κ3) is 8.86. The smallest absolute Gasteiger partial charge is 0.173 e. The Morgan fingerprint density at radius 2 is 1.39 bits per heavy atom. The molecule has 0 fully saturated rings. The predicted octanol–water partition coefficient (Wildman–Crippen LogP) is 2.97. The van der Waals surface area contributed by atoms with Crippen LogP contribution in [-0.2, 0) is 9.47 Å². The van der Waals surface area contributed by atoms with E-state index in [2.05, 4.69) is 12.3 Å². The van der Waals surface area contributed by atoms with Crippen LogP contribution < -0.4 is 11.3 Å². The van der Waals surface area contributed by atoms with Crippen molar-refractivity contribution >= 4 is 0 Å². The summed E-state index contributed by atoms with van der Waals surface area (Å²) in [7, 11) is 3.29. The van der Waals surface area contributed by atoms with E-state index in [0.717, 1.165) is 6.42 Å². The minimum Gasteiger partial charge on any atom is -0.354 e. The zero-order valence-corrected chi connectivity index (χ0v) is 12.4. The summed E-state index contributed by atoms with van der Waals surface area (Å²) in [5, 5.41) is 0. The fourth-order valence-electron chi connectivity index (χ4n) is 2.22. The number of nitrogens with two attached hydrogens (primary N) is 1. The van der Waals surface area contributed by atoms with E-state index < -0.39 is 0 Å². The lowest BCUT2D eigenvalue weighted by Crippen LogP contribution is -2.45. The molecule has 4 nitrogen and oxygen atoms in total. The minimum atomic E-state index is -0.250. The topological polar surface area (TPSA) is 56.5 Å². The quantitative estimate of drug-likeness (QED) is 0.231. The number of ether oxygens (including phenoxy) is 2. The Kier molecular flexibility index (Phi) is 13.2. The highest BCUT2D eigenvalue weighted by Gasteiger charge is 2.18. The lowest BCUT2D eigenvalue weighted by Gasteiger charge is -2.23. The van der Waals surface area contributed by atoms with Gasteiger partial charge in [0.2, 0.25) is 0 Å². The van der Waals surface area contributed by atoms with Gasteiger partial charge in [0.15, 0.2) is 6.29 Å². The van der Waals surface area contributed by atoms with Crippen molar-refractivity contribution in [3.8, 4) is 0 Å². The van der Waals surface area contributed by atoms with E-state index in [4.69, 9.17) is 15.3 Å². The molecule has 0 spiro atoms. The van der Waals surface area contributed by atoms with Gasteiger partial charge in [-0.15, -0.1) is 0 Å². The lowest BCUT2D eigenvalue weighted by atomic mass is 10.0. The maximum Gasteiger partial charge on any atom is 0.173 e. The normalized spacial score (nSPS) is 13.2. The van der Waals surface area contributed by atoms with Crippen molar-refractivity contribution in [2.75, 3.05) is 14.2 Å². The van der Waals surface area contributed by atoms with Crippen LogP contribution in [0.1, 0.15) is 64.7 Å². The third-order valence-corrected chi connectivity index (χ3v) is 3.38. The van der Waals surface area contributed by atoms with E-state index in [-0.39, 0.29) is 12.3 Å². The van der Waals surface area contributed by atoms with Crippen LogP contribution in [0.2, 0.25) is 0 Å². The van der Waals surface area contributed by atoms with Crippen LogP contribution in [0.25, 0.3) is 0 Å². The summed E-state index contributed by atoms with van der Waals surface area (Å²) in [6.45, 7) is 2.25. The van der Waals surface area contributed by atoms with Crippen molar-refractivity contribution in [2.45, 2.75) is 77.0 Å². The standard InChI is InChI=1S/C14H32N2O2/c1-4-5-6-7-8-9-10-11-12-13(16-15)14(17-2)18-3/h13-14,16H,4-12,15H2,1-3H3. The average Bonchev–Trinajstić information content (AvgIpc) is 2.40. The Morgan fingerprint density at radius 3 is 1.83 bits per heavy atom. The fourth-order valence-corrected chi connectivity index (χ4v) is 2.22. The first-order valence-electron chi connectivity index (χ1n) is 7.31. The van der Waals surface area contributed by atoms with E-state index in [9.17, 15) is 0 Å². The van der Waals surface area contributed by atoms with Crippen molar-refractivity contribution in [2.24, 2.45) is 5.84 Å². The number of nitrogens with one attached hydrogen (secondary N) is 1. The highest BCUT2D eigenvalue weighted by molar-refractivity contribution is 4.67. The molecule has 0 aliphatic heterocycles. The van der Waals surface area contributed by atoms with Crippen molar-refractivity contribution in [1.82, 2.24) is 5.43 Å². The SMILES string of the molecule is CCCCCCCCCCC(NN)C(OC)OC. The molecule has 4 heteroatoms. The summed E-state index contributed by atoms with van der Waals surface area (Å²) in [6, 6.07) is 0.0834. The maximum atomic E-state index is 5.51. The Hall–Kier alpha value is -0.160. The van der Waals surface area contributed by atoms with Gasteiger partial charge < -0.3 is 9.47 Å². The van der Waals surface area contributed by atoms with Crippen LogP contribution >= 0.6 is 0 Å². The summed E-state index contributed by atoms with van der Waals surface area (Å²) < 4.78 is 10.4. The molecule has 1 atom stereocenters. The number of hydrogen-bond donors (Lipinski definition) is 2. The Labute approximate surface area is 113 Å². The van der Waals surface area contributed by atoms with Gasteiger partial charge in [-0.25, -0.2) is 0 Å². The maximum absolute atomic E-state index is 5.51. The molecule has 0 aliphatic rings. The van der Waals surface area contributed by atoms with Crippen LogP contribution in [0.3, 0.4) is 0 Å². The molecular formula is C14H32N2O2. The van der Waals surface area contributed by atoms with Gasteiger partial charge in [-0.1, -0.05) is 58.3 Å². The molecule has 0 rings (SSSR count). The second kappa shape index (κ2) is 13.3. The number of hydrazine groups is 1. The molecule has 110 valence electrons. The van der Waals surface area contributed by atoms with Gasteiger partial charge in [0.1, 0.15) is 0 Å². The second-order valence-electron chi connectivity index (χ2n) is 4.88. The Bertz CT molecular complexity index is 164. The molecule has 0 bridgehead atoms. The van der Waals surface area contributed by atoms with Gasteiger partial charge in [0.05, 0.1) is 6.04 Å². The zero-order chi connectivity index (χ0) is 13.6. The first-order valence-corrected chi connectivity index (χ1v) is 7.31. The summed E-state index contributed by atoms with van der Waals surface area (Å²) >= 11 is 0. The molecule has 0 amide bonds. The van der Waals surface area contributed by atoms with Gasteiger partial charge >= 0.3 is 0 Å². The summed E-state index contributed by atoms with van der Waals surface area (Å²) in [6.07, 6.45) is 11.3. The summed E-state index contributed by atoms with van der Waals surface area (Å²) in [5.41, 5.74) is 2.77. The van der Waals surface area contributed by atoms with Crippen molar-refractivity contribution < 1.29 is 9.47 Å². The first kappa shape index (κ1) is 17.8. The van der Waals surface area contributed by atoms with E-state index in [1.54, 1.807) is 14.2 Å². The molecule has 0 aromatic carbocycles. The highest BCUT2D eigenvalue weighted by atomic mass is 16.7. The van der Waals surface area contributed by atoms with Crippen LogP contribution in [0.4, 0.5) is 0 Å². The molecule has 0 heterocycles. The van der Waals surface area contributed by atoms with E-state index in [1.165, 1.54) is 51.4 Å². The van der Waals surface area contributed by atoms with Crippen LogP contribution in [-0.4, -0.2) is 26.6 Å². The molecule has 1 unspecified atom stereocenters. The third-order valence-electron chi connectivity index (χ3n) is 3.38. The molecule has 0 aliphatic carbocycles. The van der Waals surface area contributed by atoms with Gasteiger partial charge in [0.25, 0.3) is 0 Å². The van der Waals surface area contributed by atoms with E-state index >= 15 is 0 Å². The Morgan fingerprint density at radius 1 is 0.889 bits per heavy atom. The molecule has 0 aromatic rings. The van der Waals surface area contributed by atoms with Crippen LogP contribution in [0.15, 0.2) is 0 Å². The molecule has 18 heavy (non-hydrogen) atoms. The lowest BCUT2D eigenvalue weighted by molar-refractivity contribution is -0.124. The fraction of sp³-hybridized carbons (Fsp3) is 1.00. The van der Waals surface area contributed by atoms with Gasteiger partial charge in [0, 0.05) is 14.2 Å². The van der Waals surface area contributed by atoms with Gasteiger partial charge in [-0.2, -0.15) is 0 Å². The van der Waals surface area contributed by atoms with Gasteiger partial charge in [-0.3, -0.25) is 11.3 Å². The highest BCUT2D eigenvalue weighted by Crippen LogP contribution is 2.12. The van der Waals surface area contributed by atoms with Crippen LogP contribution in [0.5, 0.6) is 0 Å². The second-order valence-corrected chi connectivity index (χ2v) is 4.88. The first-order chi connectivity index (χ1) is 8.79. The monoisotopic (exact) mass is 260 g/mol. The van der Waals surface area contributed by atoms with Crippen LogP contribution in [0, 0.1) is 0 Å².